The number of fused-ring (bicyclic) bond motifs is 1. The standard InChI is InChI=1S/C19H13NO5/c20-10-13-5-7-15(8-6-13)23-12-19(22)24-11-16(21)18-9-14-3-1-2-4-17(14)25-18/h1-9H,11-12H2. The van der Waals surface area contributed by atoms with Crippen molar-refractivity contribution in [3.05, 3.63) is 65.9 Å². The minimum absolute atomic E-state index is 0.141. The van der Waals surface area contributed by atoms with E-state index in [9.17, 15) is 9.59 Å². The van der Waals surface area contributed by atoms with Gasteiger partial charge in [0, 0.05) is 5.39 Å². The predicted octanol–water partition coefficient (Wildman–Crippen LogP) is 3.11. The number of Topliss-reactive ketones (excluding diaryl/α,β-unsaturated/α-hetero) is 1. The molecule has 6 heteroatoms. The molecule has 2 aromatic carbocycles. The summed E-state index contributed by atoms with van der Waals surface area (Å²) in [5.74, 6) is -0.529. The van der Waals surface area contributed by atoms with Gasteiger partial charge in [-0.2, -0.15) is 5.26 Å². The number of para-hydroxylation sites is 1. The number of esters is 1. The van der Waals surface area contributed by atoms with Gasteiger partial charge in [0.1, 0.15) is 11.3 Å². The topological polar surface area (TPSA) is 89.5 Å². The summed E-state index contributed by atoms with van der Waals surface area (Å²) in [6, 6.07) is 17.1. The first-order valence-electron chi connectivity index (χ1n) is 7.46. The van der Waals surface area contributed by atoms with Crippen LogP contribution in [0.15, 0.2) is 59.0 Å². The third kappa shape index (κ3) is 4.03. The van der Waals surface area contributed by atoms with E-state index in [1.807, 2.05) is 18.2 Å². The lowest BCUT2D eigenvalue weighted by Gasteiger charge is -2.06. The Hall–Kier alpha value is -3.59. The molecule has 0 atom stereocenters. The van der Waals surface area contributed by atoms with Crippen molar-refractivity contribution in [1.82, 2.24) is 0 Å². The van der Waals surface area contributed by atoms with Crippen molar-refractivity contribution >= 4 is 22.7 Å². The minimum Gasteiger partial charge on any atom is -0.482 e. The second kappa shape index (κ2) is 7.32. The number of hydrogen-bond donors (Lipinski definition) is 0. The number of carbonyl (C=O) groups excluding carboxylic acids is 2. The van der Waals surface area contributed by atoms with E-state index in [0.717, 1.165) is 5.39 Å². The average Bonchev–Trinajstić information content (AvgIpc) is 3.09. The third-order valence-corrected chi connectivity index (χ3v) is 3.40. The van der Waals surface area contributed by atoms with E-state index in [1.165, 1.54) is 0 Å². The zero-order valence-corrected chi connectivity index (χ0v) is 13.1. The number of ketones is 1. The van der Waals surface area contributed by atoms with Gasteiger partial charge in [0.05, 0.1) is 11.6 Å². The van der Waals surface area contributed by atoms with Crippen LogP contribution in [0.3, 0.4) is 0 Å². The van der Waals surface area contributed by atoms with Crippen molar-refractivity contribution in [2.75, 3.05) is 13.2 Å². The lowest BCUT2D eigenvalue weighted by atomic mass is 10.2. The summed E-state index contributed by atoms with van der Waals surface area (Å²) in [5.41, 5.74) is 1.09. The molecular formula is C19H13NO5. The van der Waals surface area contributed by atoms with Crippen LogP contribution >= 0.6 is 0 Å². The normalized spacial score (nSPS) is 10.2. The van der Waals surface area contributed by atoms with Crippen LogP contribution in [-0.2, 0) is 9.53 Å². The number of ether oxygens (including phenoxy) is 2. The van der Waals surface area contributed by atoms with Gasteiger partial charge in [0.25, 0.3) is 0 Å². The van der Waals surface area contributed by atoms with Crippen molar-refractivity contribution in [3.8, 4) is 11.8 Å². The van der Waals surface area contributed by atoms with Crippen LogP contribution < -0.4 is 4.74 Å². The first-order valence-corrected chi connectivity index (χ1v) is 7.46. The van der Waals surface area contributed by atoms with Gasteiger partial charge >= 0.3 is 5.97 Å². The predicted molar refractivity (Wildman–Crippen MR) is 88.2 cm³/mol. The molecule has 0 spiro atoms. The van der Waals surface area contributed by atoms with Gasteiger partial charge in [-0.05, 0) is 36.4 Å². The summed E-state index contributed by atoms with van der Waals surface area (Å²) in [4.78, 5) is 23.7. The van der Waals surface area contributed by atoms with Gasteiger partial charge in [0.15, 0.2) is 19.0 Å². The zero-order valence-electron chi connectivity index (χ0n) is 13.1. The van der Waals surface area contributed by atoms with Crippen LogP contribution in [-0.4, -0.2) is 25.0 Å². The Labute approximate surface area is 143 Å². The quantitative estimate of drug-likeness (QED) is 0.508. The Morgan fingerprint density at radius 1 is 1.04 bits per heavy atom. The molecule has 0 radical (unpaired) electrons. The van der Waals surface area contributed by atoms with Crippen LogP contribution in [0.25, 0.3) is 11.0 Å². The largest absolute Gasteiger partial charge is 0.482 e. The van der Waals surface area contributed by atoms with Crippen molar-refractivity contribution in [1.29, 1.82) is 5.26 Å². The van der Waals surface area contributed by atoms with Crippen molar-refractivity contribution in [2.24, 2.45) is 0 Å². The average molecular weight is 335 g/mol. The maximum Gasteiger partial charge on any atom is 0.344 e. The number of furan rings is 1. The van der Waals surface area contributed by atoms with E-state index < -0.39 is 18.4 Å². The molecule has 0 aliphatic carbocycles. The highest BCUT2D eigenvalue weighted by Gasteiger charge is 2.15. The summed E-state index contributed by atoms with van der Waals surface area (Å²) >= 11 is 0. The van der Waals surface area contributed by atoms with E-state index in [-0.39, 0.29) is 12.4 Å². The molecule has 0 aliphatic heterocycles. The summed E-state index contributed by atoms with van der Waals surface area (Å²) in [6.07, 6.45) is 0. The molecule has 0 amide bonds. The number of rotatable bonds is 6. The number of benzene rings is 2. The number of nitriles is 1. The van der Waals surface area contributed by atoms with Crippen molar-refractivity contribution in [3.63, 3.8) is 0 Å². The Morgan fingerprint density at radius 2 is 1.80 bits per heavy atom. The van der Waals surface area contributed by atoms with E-state index in [1.54, 1.807) is 42.5 Å². The van der Waals surface area contributed by atoms with Crippen LogP contribution in [0.2, 0.25) is 0 Å². The highest BCUT2D eigenvalue weighted by atomic mass is 16.6. The summed E-state index contributed by atoms with van der Waals surface area (Å²) < 4.78 is 15.5. The number of nitrogens with zero attached hydrogens (tertiary/aromatic N) is 1. The molecule has 0 N–H and O–H groups in total. The maximum absolute atomic E-state index is 12.0. The van der Waals surface area contributed by atoms with E-state index in [2.05, 4.69) is 0 Å². The summed E-state index contributed by atoms with van der Waals surface area (Å²) in [7, 11) is 0. The van der Waals surface area contributed by atoms with Crippen LogP contribution in [0.5, 0.6) is 5.75 Å². The van der Waals surface area contributed by atoms with Crippen molar-refractivity contribution in [2.45, 2.75) is 0 Å². The Morgan fingerprint density at radius 3 is 2.52 bits per heavy atom. The fourth-order valence-electron chi connectivity index (χ4n) is 2.15. The minimum atomic E-state index is -0.672. The Balaban J connectivity index is 1.49. The second-order valence-electron chi connectivity index (χ2n) is 5.16. The molecule has 0 bridgehead atoms. The maximum atomic E-state index is 12.0. The molecule has 124 valence electrons. The van der Waals surface area contributed by atoms with Crippen LogP contribution in [0, 0.1) is 11.3 Å². The molecule has 1 heterocycles. The van der Waals surface area contributed by atoms with E-state index in [4.69, 9.17) is 19.2 Å². The molecule has 1 aromatic heterocycles. The number of hydrogen-bond acceptors (Lipinski definition) is 6. The van der Waals surface area contributed by atoms with Gasteiger partial charge in [-0.15, -0.1) is 0 Å². The molecule has 3 aromatic rings. The van der Waals surface area contributed by atoms with Gasteiger partial charge in [-0.1, -0.05) is 18.2 Å². The highest BCUT2D eigenvalue weighted by molar-refractivity contribution is 5.99. The Kier molecular flexibility index (Phi) is 4.77. The lowest BCUT2D eigenvalue weighted by molar-refractivity contribution is -0.144. The third-order valence-electron chi connectivity index (χ3n) is 3.40. The molecular weight excluding hydrogens is 322 g/mol. The van der Waals surface area contributed by atoms with Crippen LogP contribution in [0.4, 0.5) is 0 Å². The van der Waals surface area contributed by atoms with Crippen LogP contribution in [0.1, 0.15) is 16.1 Å². The molecule has 0 saturated heterocycles. The first-order chi connectivity index (χ1) is 12.2. The molecule has 0 saturated carbocycles. The SMILES string of the molecule is N#Cc1ccc(OCC(=O)OCC(=O)c2cc3ccccc3o2)cc1. The van der Waals surface area contributed by atoms with Gasteiger partial charge in [0.2, 0.25) is 5.78 Å². The molecule has 0 unspecified atom stereocenters. The summed E-state index contributed by atoms with van der Waals surface area (Å²) in [6.45, 7) is -0.755. The smallest absolute Gasteiger partial charge is 0.344 e. The number of carbonyl (C=O) groups is 2. The van der Waals surface area contributed by atoms with E-state index >= 15 is 0 Å². The van der Waals surface area contributed by atoms with Crippen molar-refractivity contribution < 1.29 is 23.5 Å². The molecule has 6 nitrogen and oxygen atoms in total. The van der Waals surface area contributed by atoms with Gasteiger partial charge < -0.3 is 13.9 Å². The first kappa shape index (κ1) is 16.3. The molecule has 25 heavy (non-hydrogen) atoms. The fourth-order valence-corrected chi connectivity index (χ4v) is 2.15. The Bertz CT molecular complexity index is 917. The molecule has 0 aliphatic rings. The fraction of sp³-hybridized carbons (Fsp3) is 0.105. The highest BCUT2D eigenvalue weighted by Crippen LogP contribution is 2.19. The zero-order chi connectivity index (χ0) is 17.6. The monoisotopic (exact) mass is 335 g/mol. The molecule has 3 rings (SSSR count). The lowest BCUT2D eigenvalue weighted by Crippen LogP contribution is -2.19. The van der Waals surface area contributed by atoms with Gasteiger partial charge in [-0.3, -0.25) is 4.79 Å². The van der Waals surface area contributed by atoms with Gasteiger partial charge in [-0.25, -0.2) is 4.79 Å². The second-order valence-corrected chi connectivity index (χ2v) is 5.16. The van der Waals surface area contributed by atoms with E-state index in [0.29, 0.717) is 16.9 Å². The summed E-state index contributed by atoms with van der Waals surface area (Å²) in [5, 5.41) is 9.51. The molecule has 0 fully saturated rings.